The number of ether oxygens (including phenoxy) is 2. The van der Waals surface area contributed by atoms with Crippen molar-refractivity contribution in [2.45, 2.75) is 38.6 Å². The van der Waals surface area contributed by atoms with Gasteiger partial charge in [0.1, 0.15) is 0 Å². The van der Waals surface area contributed by atoms with E-state index >= 15 is 0 Å². The number of fused-ring (bicyclic) bond motifs is 3. The van der Waals surface area contributed by atoms with Crippen LogP contribution in [0.3, 0.4) is 0 Å². The van der Waals surface area contributed by atoms with Crippen molar-refractivity contribution < 1.29 is 33.8 Å². The summed E-state index contributed by atoms with van der Waals surface area (Å²) in [5.74, 6) is -1.36. The number of phenols is 1. The highest BCUT2D eigenvalue weighted by atomic mass is 127. The van der Waals surface area contributed by atoms with E-state index in [1.165, 1.54) is 12.0 Å². The first-order chi connectivity index (χ1) is 22.7. The first-order valence-electron chi connectivity index (χ1n) is 15.8. The molecule has 0 radical (unpaired) electrons. The Kier molecular flexibility index (Phi) is 10.1. The molecule has 0 bridgehead atoms. The number of rotatable bonds is 10. The molecule has 2 amide bonds. The summed E-state index contributed by atoms with van der Waals surface area (Å²) in [6, 6.07) is 20.8. The number of amides is 2. The van der Waals surface area contributed by atoms with Gasteiger partial charge in [0.15, 0.2) is 11.5 Å². The maximum Gasteiger partial charge on any atom is 0.455 e. The SMILES string of the molecule is COCC1=C2[C@@H](CC/C(C)=C/c3cc(I)c(O)c(OC)c3)OB(O)C[C@@H]2[C@@H]2C(=O)N(c3ccc(Nc4ccccc4)cc3)C(=O)[C@@H]2C1. The van der Waals surface area contributed by atoms with Crippen LogP contribution < -0.4 is 15.0 Å². The molecule has 47 heavy (non-hydrogen) atoms. The minimum Gasteiger partial charge on any atom is -0.504 e. The number of anilines is 3. The van der Waals surface area contributed by atoms with Crippen LogP contribution in [0.15, 0.2) is 83.4 Å². The zero-order valence-electron chi connectivity index (χ0n) is 26.6. The number of imide groups is 1. The fraction of sp³-hybridized carbons (Fsp3) is 0.333. The summed E-state index contributed by atoms with van der Waals surface area (Å²) in [7, 11) is 2.10. The zero-order valence-corrected chi connectivity index (χ0v) is 28.8. The van der Waals surface area contributed by atoms with Crippen LogP contribution in [0.5, 0.6) is 11.5 Å². The first kappa shape index (κ1) is 33.3. The average Bonchev–Trinajstić information content (AvgIpc) is 3.31. The molecule has 1 aliphatic carbocycles. The Bertz CT molecular complexity index is 1710. The Hall–Kier alpha value is -3.65. The first-order valence-corrected chi connectivity index (χ1v) is 16.8. The summed E-state index contributed by atoms with van der Waals surface area (Å²) in [4.78, 5) is 29.3. The largest absolute Gasteiger partial charge is 0.504 e. The Labute approximate surface area is 288 Å². The maximum atomic E-state index is 14.1. The van der Waals surface area contributed by atoms with Crippen LogP contribution in [0.1, 0.15) is 31.7 Å². The van der Waals surface area contributed by atoms with E-state index in [0.717, 1.165) is 33.7 Å². The van der Waals surface area contributed by atoms with E-state index in [1.54, 1.807) is 25.3 Å². The number of nitrogens with one attached hydrogen (secondary N) is 1. The molecule has 2 saturated heterocycles. The number of hydrogen-bond donors (Lipinski definition) is 3. The number of nitrogens with zero attached hydrogens (tertiary/aromatic N) is 1. The van der Waals surface area contributed by atoms with E-state index in [0.29, 0.717) is 40.9 Å². The highest BCUT2D eigenvalue weighted by molar-refractivity contribution is 14.1. The highest BCUT2D eigenvalue weighted by Gasteiger charge is 2.57. The van der Waals surface area contributed by atoms with E-state index in [-0.39, 0.29) is 29.8 Å². The fourth-order valence-corrected chi connectivity index (χ4v) is 7.88. The summed E-state index contributed by atoms with van der Waals surface area (Å²) in [6.07, 6.45) is 3.53. The summed E-state index contributed by atoms with van der Waals surface area (Å²) in [5, 5.41) is 24.5. The Balaban J connectivity index is 1.23. The molecular formula is C36H38BIN2O7. The van der Waals surface area contributed by atoms with Gasteiger partial charge in [-0.05, 0) is 126 Å². The molecule has 0 unspecified atom stereocenters. The number of carbonyl (C=O) groups excluding carboxylic acids is 2. The van der Waals surface area contributed by atoms with Crippen LogP contribution >= 0.6 is 22.6 Å². The van der Waals surface area contributed by atoms with Gasteiger partial charge in [0.2, 0.25) is 11.8 Å². The lowest BCUT2D eigenvalue weighted by atomic mass is 9.58. The van der Waals surface area contributed by atoms with Gasteiger partial charge < -0.3 is 29.6 Å². The standard InChI is InChI=1S/C36H38BIN2O7/c1-21(15-22-16-29(38)34(41)31(17-22)46-3)9-14-30-32-23(20-45-2)18-27-33(28(32)19-37(44)47-30)36(43)40(35(27)42)26-12-10-25(11-13-26)39-24-7-5-4-6-8-24/h4-8,10-13,15-17,27-28,30,33,39,41,44H,9,14,18-20H2,1-3H3/b21-15+/t27-,28+,30-,33-/m1/s1. The van der Waals surface area contributed by atoms with Crippen LogP contribution in [0.25, 0.3) is 6.08 Å². The third-order valence-corrected chi connectivity index (χ3v) is 10.1. The van der Waals surface area contributed by atoms with Crippen molar-refractivity contribution in [3.63, 3.8) is 0 Å². The molecule has 6 rings (SSSR count). The van der Waals surface area contributed by atoms with Crippen molar-refractivity contribution in [1.29, 1.82) is 0 Å². The number of carbonyl (C=O) groups is 2. The van der Waals surface area contributed by atoms with Crippen LogP contribution in [0.2, 0.25) is 6.32 Å². The summed E-state index contributed by atoms with van der Waals surface area (Å²) < 4.78 is 17.7. The molecule has 3 aromatic carbocycles. The van der Waals surface area contributed by atoms with Gasteiger partial charge in [0, 0.05) is 18.5 Å². The molecular weight excluding hydrogens is 710 g/mol. The second-order valence-corrected chi connectivity index (χ2v) is 13.5. The van der Waals surface area contributed by atoms with Crippen LogP contribution in [0.4, 0.5) is 17.1 Å². The molecule has 3 aliphatic rings. The molecule has 0 aromatic heterocycles. The summed E-state index contributed by atoms with van der Waals surface area (Å²) in [6.45, 7) is 2.36. The Morgan fingerprint density at radius 3 is 2.49 bits per heavy atom. The normalized spacial score (nSPS) is 22.8. The van der Waals surface area contributed by atoms with Gasteiger partial charge in [0.05, 0.1) is 40.9 Å². The number of benzene rings is 3. The molecule has 0 spiro atoms. The number of halogens is 1. The molecule has 3 N–H and O–H groups in total. The van der Waals surface area contributed by atoms with Crippen molar-refractivity contribution >= 4 is 64.7 Å². The van der Waals surface area contributed by atoms with Crippen molar-refractivity contribution in [3.05, 3.63) is 92.6 Å². The van der Waals surface area contributed by atoms with Crippen molar-refractivity contribution in [2.75, 3.05) is 31.0 Å². The van der Waals surface area contributed by atoms with E-state index in [1.807, 2.05) is 61.5 Å². The average molecular weight is 748 g/mol. The van der Waals surface area contributed by atoms with Crippen LogP contribution in [0, 0.1) is 21.3 Å². The minimum absolute atomic E-state index is 0.113. The van der Waals surface area contributed by atoms with Gasteiger partial charge >= 0.3 is 7.12 Å². The second-order valence-electron chi connectivity index (χ2n) is 12.4. The van der Waals surface area contributed by atoms with Crippen molar-refractivity contribution in [2.24, 2.45) is 17.8 Å². The monoisotopic (exact) mass is 748 g/mol. The smallest absolute Gasteiger partial charge is 0.455 e. The highest BCUT2D eigenvalue weighted by Crippen LogP contribution is 2.51. The predicted octanol–water partition coefficient (Wildman–Crippen LogP) is 6.58. The quantitative estimate of drug-likeness (QED) is 0.0922. The lowest BCUT2D eigenvalue weighted by molar-refractivity contribution is -0.122. The number of para-hydroxylation sites is 1. The third kappa shape index (κ3) is 6.85. The van der Waals surface area contributed by atoms with Crippen molar-refractivity contribution in [3.8, 4) is 11.5 Å². The van der Waals surface area contributed by atoms with Gasteiger partial charge in [-0.3, -0.25) is 14.5 Å². The van der Waals surface area contributed by atoms with Crippen LogP contribution in [-0.4, -0.2) is 56.0 Å². The van der Waals surface area contributed by atoms with E-state index in [4.69, 9.17) is 14.1 Å². The molecule has 2 aliphatic heterocycles. The number of allylic oxidation sites excluding steroid dienone is 1. The van der Waals surface area contributed by atoms with Gasteiger partial charge in [-0.15, -0.1) is 0 Å². The Morgan fingerprint density at radius 1 is 1.06 bits per heavy atom. The number of methoxy groups -OCH3 is 2. The maximum absolute atomic E-state index is 14.1. The van der Waals surface area contributed by atoms with Gasteiger partial charge in [-0.25, -0.2) is 0 Å². The lowest BCUT2D eigenvalue weighted by Crippen LogP contribution is -2.46. The molecule has 9 nitrogen and oxygen atoms in total. The number of aromatic hydroxyl groups is 1. The molecule has 2 heterocycles. The summed E-state index contributed by atoms with van der Waals surface area (Å²) in [5.41, 5.74) is 6.27. The minimum atomic E-state index is -1.05. The molecule has 11 heteroatoms. The molecule has 3 aromatic rings. The topological polar surface area (TPSA) is 118 Å². The van der Waals surface area contributed by atoms with E-state index in [2.05, 4.69) is 27.9 Å². The van der Waals surface area contributed by atoms with E-state index in [9.17, 15) is 19.7 Å². The van der Waals surface area contributed by atoms with Gasteiger partial charge in [-0.2, -0.15) is 0 Å². The zero-order chi connectivity index (χ0) is 33.2. The Morgan fingerprint density at radius 2 is 1.79 bits per heavy atom. The molecule has 4 atom stereocenters. The fourth-order valence-electron chi connectivity index (χ4n) is 7.26. The summed E-state index contributed by atoms with van der Waals surface area (Å²) >= 11 is 2.08. The molecule has 2 fully saturated rings. The third-order valence-electron chi connectivity index (χ3n) is 9.30. The van der Waals surface area contributed by atoms with Gasteiger partial charge in [-0.1, -0.05) is 29.8 Å². The predicted molar refractivity (Wildman–Crippen MR) is 191 cm³/mol. The van der Waals surface area contributed by atoms with Gasteiger partial charge in [0.25, 0.3) is 0 Å². The second kappa shape index (κ2) is 14.2. The lowest BCUT2D eigenvalue weighted by Gasteiger charge is -2.43. The van der Waals surface area contributed by atoms with E-state index < -0.39 is 25.1 Å². The molecule has 244 valence electrons. The van der Waals surface area contributed by atoms with Crippen molar-refractivity contribution in [1.82, 2.24) is 0 Å². The van der Waals surface area contributed by atoms with Crippen LogP contribution in [-0.2, 0) is 19.0 Å². The number of hydrogen-bond acceptors (Lipinski definition) is 8. The number of phenolic OH excluding ortho intramolecular Hbond substituents is 1. The molecule has 0 saturated carbocycles.